The fourth-order valence-corrected chi connectivity index (χ4v) is 3.20. The molecule has 0 aromatic heterocycles. The Morgan fingerprint density at radius 1 is 1.22 bits per heavy atom. The van der Waals surface area contributed by atoms with Crippen LogP contribution in [0.1, 0.15) is 33.1 Å². The van der Waals surface area contributed by atoms with Crippen molar-refractivity contribution in [1.82, 2.24) is 4.90 Å². The van der Waals surface area contributed by atoms with Gasteiger partial charge in [-0.05, 0) is 31.0 Å². The summed E-state index contributed by atoms with van der Waals surface area (Å²) in [6.07, 6.45) is 2.09. The third-order valence-electron chi connectivity index (χ3n) is 3.99. The van der Waals surface area contributed by atoms with Crippen molar-refractivity contribution >= 4 is 40.7 Å². The normalized spacial score (nSPS) is 17.7. The van der Waals surface area contributed by atoms with Crippen LogP contribution >= 0.6 is 23.2 Å². The summed E-state index contributed by atoms with van der Waals surface area (Å²) >= 11 is 11.9. The lowest BCUT2D eigenvalue weighted by atomic mass is 10.1. The largest absolute Gasteiger partial charge is 0.342 e. The van der Waals surface area contributed by atoms with Crippen molar-refractivity contribution in [1.29, 1.82) is 0 Å². The molecular weight excluding hydrogens is 335 g/mol. The summed E-state index contributed by atoms with van der Waals surface area (Å²) in [4.78, 5) is 28.5. The van der Waals surface area contributed by atoms with Crippen LogP contribution in [0.3, 0.4) is 0 Å². The van der Waals surface area contributed by atoms with Crippen molar-refractivity contribution in [3.8, 4) is 0 Å². The molecule has 0 radical (unpaired) electrons. The molecule has 1 aromatic carbocycles. The number of nitrogens with zero attached hydrogens (tertiary/aromatic N) is 2. The maximum absolute atomic E-state index is 12.7. The Kier molecular flexibility index (Phi) is 6.31. The first-order valence-corrected chi connectivity index (χ1v) is 8.77. The van der Waals surface area contributed by atoms with E-state index in [1.165, 1.54) is 0 Å². The summed E-state index contributed by atoms with van der Waals surface area (Å²) in [5, 5.41) is 0.858. The Labute approximate surface area is 147 Å². The molecule has 1 aliphatic rings. The standard InChI is InChI=1S/C17H22Cl2N2O2/c1-3-7-20(8-4-2)17(23)12-9-16(22)21(11-12)13-5-6-14(18)15(19)10-13/h5-6,10,12H,3-4,7-9,11H2,1-2H3. The van der Waals surface area contributed by atoms with Gasteiger partial charge in [-0.25, -0.2) is 0 Å². The molecule has 4 nitrogen and oxygen atoms in total. The number of hydrogen-bond acceptors (Lipinski definition) is 2. The first kappa shape index (κ1) is 18.1. The first-order valence-electron chi connectivity index (χ1n) is 8.02. The molecular formula is C17H22Cl2N2O2. The molecule has 1 heterocycles. The van der Waals surface area contributed by atoms with E-state index in [2.05, 4.69) is 13.8 Å². The number of carbonyl (C=O) groups is 2. The van der Waals surface area contributed by atoms with Gasteiger partial charge in [0.2, 0.25) is 11.8 Å². The van der Waals surface area contributed by atoms with E-state index in [4.69, 9.17) is 23.2 Å². The topological polar surface area (TPSA) is 40.6 Å². The van der Waals surface area contributed by atoms with E-state index >= 15 is 0 Å². The van der Waals surface area contributed by atoms with Gasteiger partial charge in [0.05, 0.1) is 16.0 Å². The number of anilines is 1. The smallest absolute Gasteiger partial charge is 0.228 e. The van der Waals surface area contributed by atoms with Crippen molar-refractivity contribution in [2.24, 2.45) is 5.92 Å². The lowest BCUT2D eigenvalue weighted by Gasteiger charge is -2.24. The van der Waals surface area contributed by atoms with E-state index in [-0.39, 0.29) is 24.2 Å². The molecule has 1 atom stereocenters. The Morgan fingerprint density at radius 2 is 1.87 bits per heavy atom. The molecule has 1 saturated heterocycles. The van der Waals surface area contributed by atoms with E-state index in [0.29, 0.717) is 22.3 Å². The van der Waals surface area contributed by atoms with Gasteiger partial charge >= 0.3 is 0 Å². The van der Waals surface area contributed by atoms with Crippen LogP contribution in [0.4, 0.5) is 5.69 Å². The lowest BCUT2D eigenvalue weighted by molar-refractivity contribution is -0.135. The summed E-state index contributed by atoms with van der Waals surface area (Å²) in [5.74, 6) is -0.255. The maximum atomic E-state index is 12.7. The predicted molar refractivity (Wildman–Crippen MR) is 94.1 cm³/mol. The molecule has 0 bridgehead atoms. The third-order valence-corrected chi connectivity index (χ3v) is 4.73. The zero-order valence-electron chi connectivity index (χ0n) is 13.5. The molecule has 126 valence electrons. The van der Waals surface area contributed by atoms with Crippen molar-refractivity contribution in [3.63, 3.8) is 0 Å². The minimum atomic E-state index is -0.282. The van der Waals surface area contributed by atoms with Crippen molar-refractivity contribution < 1.29 is 9.59 Å². The minimum Gasteiger partial charge on any atom is -0.342 e. The fourth-order valence-electron chi connectivity index (χ4n) is 2.91. The summed E-state index contributed by atoms with van der Waals surface area (Å²) in [6.45, 7) is 5.99. The van der Waals surface area contributed by atoms with Crippen molar-refractivity contribution in [3.05, 3.63) is 28.2 Å². The molecule has 1 unspecified atom stereocenters. The zero-order chi connectivity index (χ0) is 17.0. The lowest BCUT2D eigenvalue weighted by Crippen LogP contribution is -2.38. The molecule has 23 heavy (non-hydrogen) atoms. The fraction of sp³-hybridized carbons (Fsp3) is 0.529. The molecule has 1 aliphatic heterocycles. The summed E-state index contributed by atoms with van der Waals surface area (Å²) < 4.78 is 0. The first-order chi connectivity index (χ1) is 11.0. The highest BCUT2D eigenvalue weighted by Crippen LogP contribution is 2.31. The van der Waals surface area contributed by atoms with Gasteiger partial charge in [-0.2, -0.15) is 0 Å². The molecule has 0 spiro atoms. The van der Waals surface area contributed by atoms with Crippen LogP contribution < -0.4 is 4.90 Å². The Balaban J connectivity index is 2.12. The highest BCUT2D eigenvalue weighted by Gasteiger charge is 2.37. The van der Waals surface area contributed by atoms with Gasteiger partial charge in [0, 0.05) is 31.7 Å². The monoisotopic (exact) mass is 356 g/mol. The summed E-state index contributed by atoms with van der Waals surface area (Å²) in [6, 6.07) is 5.10. The van der Waals surface area contributed by atoms with E-state index in [0.717, 1.165) is 25.9 Å². The van der Waals surface area contributed by atoms with Crippen LogP contribution in [-0.2, 0) is 9.59 Å². The van der Waals surface area contributed by atoms with Gasteiger partial charge in [-0.15, -0.1) is 0 Å². The van der Waals surface area contributed by atoms with Crippen LogP contribution in [0.5, 0.6) is 0 Å². The van der Waals surface area contributed by atoms with Crippen LogP contribution in [-0.4, -0.2) is 36.3 Å². The van der Waals surface area contributed by atoms with Crippen molar-refractivity contribution in [2.45, 2.75) is 33.1 Å². The van der Waals surface area contributed by atoms with Crippen LogP contribution in [0.25, 0.3) is 0 Å². The van der Waals surface area contributed by atoms with Gasteiger partial charge in [-0.3, -0.25) is 9.59 Å². The van der Waals surface area contributed by atoms with Gasteiger partial charge in [0.1, 0.15) is 0 Å². The van der Waals surface area contributed by atoms with Crippen molar-refractivity contribution in [2.75, 3.05) is 24.5 Å². The average Bonchev–Trinajstić information content (AvgIpc) is 2.91. The Hall–Kier alpha value is -1.26. The van der Waals surface area contributed by atoms with Gasteiger partial charge in [-0.1, -0.05) is 37.0 Å². The summed E-state index contributed by atoms with van der Waals surface area (Å²) in [7, 11) is 0. The molecule has 0 aliphatic carbocycles. The third kappa shape index (κ3) is 4.18. The maximum Gasteiger partial charge on any atom is 0.228 e. The number of hydrogen-bond donors (Lipinski definition) is 0. The van der Waals surface area contributed by atoms with Crippen LogP contribution in [0.15, 0.2) is 18.2 Å². The molecule has 0 saturated carbocycles. The second kappa shape index (κ2) is 8.02. The van der Waals surface area contributed by atoms with E-state index in [1.54, 1.807) is 23.1 Å². The average molecular weight is 357 g/mol. The number of amides is 2. The van der Waals surface area contributed by atoms with Gasteiger partial charge in [0.15, 0.2) is 0 Å². The number of benzene rings is 1. The highest BCUT2D eigenvalue weighted by atomic mass is 35.5. The summed E-state index contributed by atoms with van der Waals surface area (Å²) in [5.41, 5.74) is 0.692. The molecule has 2 amide bonds. The van der Waals surface area contributed by atoms with E-state index in [1.807, 2.05) is 4.90 Å². The number of rotatable bonds is 6. The molecule has 2 rings (SSSR count). The highest BCUT2D eigenvalue weighted by molar-refractivity contribution is 6.42. The van der Waals surface area contributed by atoms with Gasteiger partial charge in [0.25, 0.3) is 0 Å². The zero-order valence-corrected chi connectivity index (χ0v) is 15.0. The second-order valence-corrected chi connectivity index (χ2v) is 6.64. The van der Waals surface area contributed by atoms with Gasteiger partial charge < -0.3 is 9.80 Å². The van der Waals surface area contributed by atoms with E-state index < -0.39 is 0 Å². The number of halogens is 2. The second-order valence-electron chi connectivity index (χ2n) is 5.83. The molecule has 1 fully saturated rings. The number of carbonyl (C=O) groups excluding carboxylic acids is 2. The Morgan fingerprint density at radius 3 is 2.43 bits per heavy atom. The Bertz CT molecular complexity index is 586. The molecule has 0 N–H and O–H groups in total. The quantitative estimate of drug-likeness (QED) is 0.772. The van der Waals surface area contributed by atoms with Crippen LogP contribution in [0, 0.1) is 5.92 Å². The molecule has 6 heteroatoms. The predicted octanol–water partition coefficient (Wildman–Crippen LogP) is 3.99. The minimum absolute atomic E-state index is 0.0466. The molecule has 1 aromatic rings. The van der Waals surface area contributed by atoms with E-state index in [9.17, 15) is 9.59 Å². The SMILES string of the molecule is CCCN(CCC)C(=O)C1CC(=O)N(c2ccc(Cl)c(Cl)c2)C1. The van der Waals surface area contributed by atoms with Crippen LogP contribution in [0.2, 0.25) is 10.0 Å².